The summed E-state index contributed by atoms with van der Waals surface area (Å²) in [6.07, 6.45) is 0.0464. The lowest BCUT2D eigenvalue weighted by Gasteiger charge is -2.16. The van der Waals surface area contributed by atoms with Crippen LogP contribution in [-0.4, -0.2) is 30.8 Å². The standard InChI is InChI=1S/C19H14BrCl2NO4/c20-12-1-4-14(5-2-12)23-9-11(7-18(23)25)19(26)27-10-17(24)15-6-3-13(21)8-16(15)22/h1-6,8,11H,7,9-10H2/t11-/m1/s1. The number of halogens is 3. The molecule has 1 aliphatic rings. The second-order valence-corrected chi connectivity index (χ2v) is 7.80. The molecule has 5 nitrogen and oxygen atoms in total. The lowest BCUT2D eigenvalue weighted by atomic mass is 10.1. The van der Waals surface area contributed by atoms with Crippen LogP contribution < -0.4 is 4.90 Å². The predicted octanol–water partition coefficient (Wildman–Crippen LogP) is 4.53. The maximum absolute atomic E-state index is 12.3. The summed E-state index contributed by atoms with van der Waals surface area (Å²) < 4.78 is 6.01. The van der Waals surface area contributed by atoms with E-state index in [1.54, 1.807) is 12.1 Å². The van der Waals surface area contributed by atoms with E-state index >= 15 is 0 Å². The van der Waals surface area contributed by atoms with Gasteiger partial charge in [0, 0.05) is 33.7 Å². The Bertz CT molecular complexity index is 901. The van der Waals surface area contributed by atoms with Crippen molar-refractivity contribution in [3.05, 3.63) is 62.5 Å². The molecule has 1 fully saturated rings. The van der Waals surface area contributed by atoms with Crippen molar-refractivity contribution in [2.24, 2.45) is 5.92 Å². The first-order valence-electron chi connectivity index (χ1n) is 8.06. The van der Waals surface area contributed by atoms with Gasteiger partial charge < -0.3 is 9.64 Å². The van der Waals surface area contributed by atoms with Gasteiger partial charge in [0.15, 0.2) is 6.61 Å². The molecule has 1 heterocycles. The van der Waals surface area contributed by atoms with Gasteiger partial charge in [0.05, 0.1) is 10.9 Å². The lowest BCUT2D eigenvalue weighted by molar-refractivity contribution is -0.147. The maximum atomic E-state index is 12.3. The SMILES string of the molecule is O=C(COC(=O)[C@@H]1CC(=O)N(c2ccc(Br)cc2)C1)c1ccc(Cl)cc1Cl. The average Bonchev–Trinajstić information content (AvgIpc) is 3.02. The molecule has 27 heavy (non-hydrogen) atoms. The van der Waals surface area contributed by atoms with Gasteiger partial charge in [-0.05, 0) is 42.5 Å². The van der Waals surface area contributed by atoms with Gasteiger partial charge in [0.25, 0.3) is 0 Å². The number of carbonyl (C=O) groups excluding carboxylic acids is 3. The highest BCUT2D eigenvalue weighted by Gasteiger charge is 2.36. The molecule has 2 aromatic carbocycles. The molecule has 0 aromatic heterocycles. The number of nitrogens with zero attached hydrogens (tertiary/aromatic N) is 1. The molecule has 0 radical (unpaired) electrons. The average molecular weight is 471 g/mol. The number of benzene rings is 2. The van der Waals surface area contributed by atoms with Crippen LogP contribution in [-0.2, 0) is 14.3 Å². The number of ketones is 1. The third-order valence-corrected chi connectivity index (χ3v) is 5.25. The maximum Gasteiger partial charge on any atom is 0.311 e. The Hall–Kier alpha value is -1.89. The van der Waals surface area contributed by atoms with Crippen LogP contribution in [0.5, 0.6) is 0 Å². The third-order valence-electron chi connectivity index (χ3n) is 4.17. The van der Waals surface area contributed by atoms with Crippen molar-refractivity contribution in [2.45, 2.75) is 6.42 Å². The smallest absolute Gasteiger partial charge is 0.311 e. The van der Waals surface area contributed by atoms with Gasteiger partial charge in [-0.1, -0.05) is 39.1 Å². The summed E-state index contributed by atoms with van der Waals surface area (Å²) in [5.74, 6) is -1.79. The summed E-state index contributed by atoms with van der Waals surface area (Å²) in [7, 11) is 0. The van der Waals surface area contributed by atoms with Crippen LogP contribution in [0.4, 0.5) is 5.69 Å². The highest BCUT2D eigenvalue weighted by Crippen LogP contribution is 2.27. The van der Waals surface area contributed by atoms with E-state index in [0.717, 1.165) is 4.47 Å². The molecule has 0 saturated carbocycles. The zero-order chi connectivity index (χ0) is 19.6. The fourth-order valence-electron chi connectivity index (χ4n) is 2.78. The Kier molecular flexibility index (Phi) is 6.19. The minimum atomic E-state index is -0.616. The van der Waals surface area contributed by atoms with E-state index in [9.17, 15) is 14.4 Å². The fraction of sp³-hybridized carbons (Fsp3) is 0.211. The summed E-state index contributed by atoms with van der Waals surface area (Å²) in [5.41, 5.74) is 0.940. The Morgan fingerprint density at radius 2 is 1.85 bits per heavy atom. The molecule has 1 saturated heterocycles. The molecule has 1 aliphatic heterocycles. The van der Waals surface area contributed by atoms with Crippen molar-refractivity contribution in [2.75, 3.05) is 18.1 Å². The van der Waals surface area contributed by atoms with E-state index in [2.05, 4.69) is 15.9 Å². The number of carbonyl (C=O) groups is 3. The Labute approximate surface area is 174 Å². The van der Waals surface area contributed by atoms with E-state index < -0.39 is 24.3 Å². The Balaban J connectivity index is 1.59. The van der Waals surface area contributed by atoms with Gasteiger partial charge >= 0.3 is 5.97 Å². The monoisotopic (exact) mass is 469 g/mol. The van der Waals surface area contributed by atoms with Crippen molar-refractivity contribution in [1.82, 2.24) is 0 Å². The molecule has 0 bridgehead atoms. The number of ether oxygens (including phenoxy) is 1. The van der Waals surface area contributed by atoms with Crippen LogP contribution in [0.15, 0.2) is 46.9 Å². The quantitative estimate of drug-likeness (QED) is 0.475. The summed E-state index contributed by atoms with van der Waals surface area (Å²) >= 11 is 15.1. The molecule has 1 amide bonds. The highest BCUT2D eigenvalue weighted by molar-refractivity contribution is 9.10. The van der Waals surface area contributed by atoms with Crippen molar-refractivity contribution < 1.29 is 19.1 Å². The largest absolute Gasteiger partial charge is 0.457 e. The summed E-state index contributed by atoms with van der Waals surface area (Å²) in [4.78, 5) is 38.2. The van der Waals surface area contributed by atoms with Gasteiger partial charge in [-0.2, -0.15) is 0 Å². The molecular weight excluding hydrogens is 457 g/mol. The second kappa shape index (κ2) is 8.42. The molecule has 0 N–H and O–H groups in total. The Morgan fingerprint density at radius 3 is 2.52 bits per heavy atom. The van der Waals surface area contributed by atoms with Crippen LogP contribution in [0.2, 0.25) is 10.0 Å². The predicted molar refractivity (Wildman–Crippen MR) is 106 cm³/mol. The number of anilines is 1. The third kappa shape index (κ3) is 4.69. The molecule has 8 heteroatoms. The van der Waals surface area contributed by atoms with E-state index in [-0.39, 0.29) is 29.5 Å². The summed E-state index contributed by atoms with van der Waals surface area (Å²) in [5, 5.41) is 0.604. The summed E-state index contributed by atoms with van der Waals surface area (Å²) in [6, 6.07) is 11.7. The van der Waals surface area contributed by atoms with Gasteiger partial charge in [-0.3, -0.25) is 14.4 Å². The van der Waals surface area contributed by atoms with Crippen LogP contribution in [0, 0.1) is 5.92 Å². The first-order valence-corrected chi connectivity index (χ1v) is 9.61. The number of hydrogen-bond donors (Lipinski definition) is 0. The Morgan fingerprint density at radius 1 is 1.15 bits per heavy atom. The number of hydrogen-bond acceptors (Lipinski definition) is 4. The molecule has 0 spiro atoms. The topological polar surface area (TPSA) is 63.7 Å². The fourth-order valence-corrected chi connectivity index (χ4v) is 3.56. The second-order valence-electron chi connectivity index (χ2n) is 6.04. The van der Waals surface area contributed by atoms with E-state index in [1.165, 1.54) is 23.1 Å². The molecule has 140 valence electrons. The van der Waals surface area contributed by atoms with Gasteiger partial charge in [-0.15, -0.1) is 0 Å². The summed E-state index contributed by atoms with van der Waals surface area (Å²) in [6.45, 7) is -0.224. The molecule has 0 aliphatic carbocycles. The van der Waals surface area contributed by atoms with Crippen LogP contribution in [0.1, 0.15) is 16.8 Å². The van der Waals surface area contributed by atoms with Crippen molar-refractivity contribution in [3.8, 4) is 0 Å². The zero-order valence-electron chi connectivity index (χ0n) is 14.0. The van der Waals surface area contributed by atoms with E-state index in [4.69, 9.17) is 27.9 Å². The first-order chi connectivity index (χ1) is 12.8. The minimum Gasteiger partial charge on any atom is -0.457 e. The normalized spacial score (nSPS) is 16.5. The van der Waals surface area contributed by atoms with Gasteiger partial charge in [0.1, 0.15) is 0 Å². The van der Waals surface area contributed by atoms with Crippen LogP contribution in [0.25, 0.3) is 0 Å². The van der Waals surface area contributed by atoms with E-state index in [1.807, 2.05) is 12.1 Å². The number of amides is 1. The number of esters is 1. The molecule has 3 rings (SSSR count). The number of rotatable bonds is 5. The van der Waals surface area contributed by atoms with E-state index in [0.29, 0.717) is 10.7 Å². The molecule has 2 aromatic rings. The molecule has 0 unspecified atom stereocenters. The van der Waals surface area contributed by atoms with Crippen molar-refractivity contribution in [1.29, 1.82) is 0 Å². The molecular formula is C19H14BrCl2NO4. The lowest BCUT2D eigenvalue weighted by Crippen LogP contribution is -2.27. The first kappa shape index (κ1) is 19.9. The van der Waals surface area contributed by atoms with Crippen molar-refractivity contribution in [3.63, 3.8) is 0 Å². The number of Topliss-reactive ketones (excluding diaryl/α,β-unsaturated/α-hetero) is 1. The zero-order valence-corrected chi connectivity index (χ0v) is 17.1. The minimum absolute atomic E-state index is 0.0464. The molecule has 1 atom stereocenters. The van der Waals surface area contributed by atoms with Crippen LogP contribution in [0.3, 0.4) is 0 Å². The van der Waals surface area contributed by atoms with Gasteiger partial charge in [0.2, 0.25) is 11.7 Å². The van der Waals surface area contributed by atoms with Crippen LogP contribution >= 0.6 is 39.1 Å². The van der Waals surface area contributed by atoms with Gasteiger partial charge in [-0.25, -0.2) is 0 Å². The van der Waals surface area contributed by atoms with Crippen molar-refractivity contribution >= 4 is 62.5 Å². The highest BCUT2D eigenvalue weighted by atomic mass is 79.9.